The van der Waals surface area contributed by atoms with Crippen molar-refractivity contribution in [3.05, 3.63) is 0 Å². The molecule has 0 unspecified atom stereocenters. The van der Waals surface area contributed by atoms with Gasteiger partial charge in [0.2, 0.25) is 7.71 Å². The SMILES string of the molecule is CC(C)[P+](=NS(=O)(=O)C(F)(F)F)C(C)C. The van der Waals surface area contributed by atoms with Crippen molar-refractivity contribution in [2.24, 2.45) is 4.15 Å². The van der Waals surface area contributed by atoms with Crippen LogP contribution < -0.4 is 0 Å². The zero-order valence-corrected chi connectivity index (χ0v) is 10.6. The van der Waals surface area contributed by atoms with E-state index in [1.54, 1.807) is 27.7 Å². The molecule has 0 amide bonds. The normalized spacial score (nSPS) is 13.4. The largest absolute Gasteiger partial charge is 0.521 e. The molecule has 0 rings (SSSR count). The third-order valence-corrected chi connectivity index (χ3v) is 5.87. The number of rotatable bonds is 3. The van der Waals surface area contributed by atoms with Crippen LogP contribution in [-0.4, -0.2) is 25.2 Å². The van der Waals surface area contributed by atoms with Gasteiger partial charge in [-0.25, -0.2) is 0 Å². The first-order valence-corrected chi connectivity index (χ1v) is 7.19. The smallest absolute Gasteiger partial charge is 0.192 e. The minimum absolute atomic E-state index is 0.183. The highest BCUT2D eigenvalue weighted by molar-refractivity contribution is 7.93. The Bertz CT molecular complexity index is 336. The van der Waals surface area contributed by atoms with Gasteiger partial charge in [0.1, 0.15) is 11.3 Å². The average molecular weight is 264 g/mol. The third kappa shape index (κ3) is 4.07. The highest BCUT2D eigenvalue weighted by Gasteiger charge is 2.49. The molecule has 0 aliphatic carbocycles. The van der Waals surface area contributed by atoms with E-state index in [9.17, 15) is 21.6 Å². The second-order valence-corrected chi connectivity index (χ2v) is 8.46. The summed E-state index contributed by atoms with van der Waals surface area (Å²) in [4.78, 5) is 0. The first-order chi connectivity index (χ1) is 6.49. The van der Waals surface area contributed by atoms with E-state index in [-0.39, 0.29) is 11.3 Å². The summed E-state index contributed by atoms with van der Waals surface area (Å²) < 4.78 is 60.7. The molecule has 0 saturated carbocycles. The van der Waals surface area contributed by atoms with Crippen LogP contribution in [0.15, 0.2) is 4.15 Å². The fourth-order valence-electron chi connectivity index (χ4n) is 0.955. The van der Waals surface area contributed by atoms with Crippen molar-refractivity contribution in [1.82, 2.24) is 0 Å². The molecular formula is C7H14F3NO2PS+. The van der Waals surface area contributed by atoms with E-state index >= 15 is 0 Å². The standard InChI is InChI=1S/C7H14F3NO2PS/c1-5(2)14(6(3)4)11-15(12,13)7(8,9)10/h5-6H,1-4H3/q+1. The van der Waals surface area contributed by atoms with Crippen LogP contribution in [0.4, 0.5) is 13.2 Å². The Balaban J connectivity index is 5.36. The summed E-state index contributed by atoms with van der Waals surface area (Å²) in [5, 5.41) is 0. The molecule has 0 aliphatic heterocycles. The van der Waals surface area contributed by atoms with E-state index in [4.69, 9.17) is 0 Å². The molecule has 90 valence electrons. The van der Waals surface area contributed by atoms with Gasteiger partial charge in [-0.3, -0.25) is 0 Å². The molecule has 0 aliphatic rings. The van der Waals surface area contributed by atoms with Gasteiger partial charge in [0.15, 0.2) is 0 Å². The number of alkyl halides is 3. The van der Waals surface area contributed by atoms with Crippen LogP contribution in [0.2, 0.25) is 0 Å². The molecule has 0 bridgehead atoms. The fraction of sp³-hybridized carbons (Fsp3) is 1.00. The average Bonchev–Trinajstić information content (AvgIpc) is 1.96. The van der Waals surface area contributed by atoms with Crippen molar-refractivity contribution < 1.29 is 21.6 Å². The molecular weight excluding hydrogens is 250 g/mol. The number of hydrogen-bond donors (Lipinski definition) is 0. The number of nitrogens with zero attached hydrogens (tertiary/aromatic N) is 1. The molecule has 15 heavy (non-hydrogen) atoms. The fourth-order valence-corrected chi connectivity index (χ4v) is 5.02. The summed E-state index contributed by atoms with van der Waals surface area (Å²) in [7, 11) is -6.85. The van der Waals surface area contributed by atoms with Crippen molar-refractivity contribution >= 4 is 17.7 Å². The molecule has 0 heterocycles. The van der Waals surface area contributed by atoms with E-state index < -0.39 is 23.2 Å². The molecule has 0 N–H and O–H groups in total. The Kier molecular flexibility index (Phi) is 4.73. The van der Waals surface area contributed by atoms with Crippen molar-refractivity contribution in [1.29, 1.82) is 0 Å². The molecule has 0 saturated heterocycles. The molecule has 3 nitrogen and oxygen atoms in total. The minimum atomic E-state index is -5.33. The molecule has 0 aromatic heterocycles. The van der Waals surface area contributed by atoms with Gasteiger partial charge in [-0.15, -0.1) is 0 Å². The number of halogens is 3. The van der Waals surface area contributed by atoms with E-state index in [0.717, 1.165) is 0 Å². The molecule has 0 fully saturated rings. The van der Waals surface area contributed by atoms with Crippen LogP contribution in [0, 0.1) is 0 Å². The minimum Gasteiger partial charge on any atom is -0.192 e. The van der Waals surface area contributed by atoms with E-state index in [0.29, 0.717) is 0 Å². The van der Waals surface area contributed by atoms with Gasteiger partial charge in [-0.05, 0) is 27.7 Å². The number of sulfonamides is 1. The lowest BCUT2D eigenvalue weighted by Gasteiger charge is -2.04. The lowest BCUT2D eigenvalue weighted by molar-refractivity contribution is -0.0434. The molecule has 0 radical (unpaired) electrons. The highest BCUT2D eigenvalue weighted by Crippen LogP contribution is 2.41. The second kappa shape index (κ2) is 4.78. The maximum absolute atomic E-state index is 12.0. The van der Waals surface area contributed by atoms with Gasteiger partial charge in [-0.2, -0.15) is 21.6 Å². The van der Waals surface area contributed by atoms with Crippen LogP contribution >= 0.6 is 7.71 Å². The maximum Gasteiger partial charge on any atom is 0.521 e. The quantitative estimate of drug-likeness (QED) is 0.734. The lowest BCUT2D eigenvalue weighted by atomic mass is 10.5. The van der Waals surface area contributed by atoms with E-state index in [1.807, 2.05) is 0 Å². The summed E-state index contributed by atoms with van der Waals surface area (Å²) in [6, 6.07) is 0. The van der Waals surface area contributed by atoms with Crippen molar-refractivity contribution in [3.8, 4) is 0 Å². The van der Waals surface area contributed by atoms with Gasteiger partial charge in [-0.1, -0.05) is 0 Å². The predicted octanol–water partition coefficient (Wildman–Crippen LogP) is 3.32. The molecule has 0 aromatic rings. The van der Waals surface area contributed by atoms with Crippen LogP contribution in [0.5, 0.6) is 0 Å². The Labute approximate surface area is 88.6 Å². The monoisotopic (exact) mass is 264 g/mol. The van der Waals surface area contributed by atoms with Gasteiger partial charge >= 0.3 is 15.5 Å². The summed E-state index contributed by atoms with van der Waals surface area (Å²) >= 11 is 0. The zero-order chi connectivity index (χ0) is 12.4. The maximum atomic E-state index is 12.0. The second-order valence-electron chi connectivity index (χ2n) is 3.57. The first kappa shape index (κ1) is 14.8. The molecule has 0 atom stereocenters. The van der Waals surface area contributed by atoms with Gasteiger partial charge in [0.05, 0.1) is 0 Å². The molecule has 0 spiro atoms. The Morgan fingerprint density at radius 3 is 1.60 bits per heavy atom. The third-order valence-electron chi connectivity index (χ3n) is 1.55. The highest BCUT2D eigenvalue weighted by atomic mass is 32.2. The van der Waals surface area contributed by atoms with Crippen LogP contribution in [0.3, 0.4) is 0 Å². The zero-order valence-electron chi connectivity index (χ0n) is 8.91. The molecule has 8 heteroatoms. The Morgan fingerprint density at radius 1 is 1.07 bits per heavy atom. The van der Waals surface area contributed by atoms with E-state index in [2.05, 4.69) is 4.15 Å². The van der Waals surface area contributed by atoms with Gasteiger partial charge in [0, 0.05) is 4.15 Å². The topological polar surface area (TPSA) is 46.5 Å². The van der Waals surface area contributed by atoms with Crippen LogP contribution in [0.25, 0.3) is 0 Å². The predicted molar refractivity (Wildman–Crippen MR) is 54.6 cm³/mol. The Hall–Kier alpha value is -0.160. The van der Waals surface area contributed by atoms with Crippen molar-refractivity contribution in [2.75, 3.05) is 0 Å². The van der Waals surface area contributed by atoms with E-state index in [1.165, 1.54) is 0 Å². The lowest BCUT2D eigenvalue weighted by Crippen LogP contribution is -2.20. The first-order valence-electron chi connectivity index (χ1n) is 4.31. The summed E-state index contributed by atoms with van der Waals surface area (Å²) in [5.74, 6) is 0. The van der Waals surface area contributed by atoms with Gasteiger partial charge in [0.25, 0.3) is 0 Å². The van der Waals surface area contributed by atoms with Gasteiger partial charge < -0.3 is 0 Å². The molecule has 0 aromatic carbocycles. The van der Waals surface area contributed by atoms with Crippen molar-refractivity contribution in [3.63, 3.8) is 0 Å². The summed E-state index contributed by atoms with van der Waals surface area (Å²) in [6.07, 6.45) is 0. The van der Waals surface area contributed by atoms with Crippen LogP contribution in [-0.2, 0) is 10.0 Å². The number of hydrogen-bond acceptors (Lipinski definition) is 2. The van der Waals surface area contributed by atoms with Crippen LogP contribution in [0.1, 0.15) is 27.7 Å². The van der Waals surface area contributed by atoms with Crippen molar-refractivity contribution in [2.45, 2.75) is 44.5 Å². The summed E-state index contributed by atoms with van der Waals surface area (Å²) in [5.41, 5.74) is -5.65. The Morgan fingerprint density at radius 2 is 1.40 bits per heavy atom. The summed E-state index contributed by atoms with van der Waals surface area (Å²) in [6.45, 7) is 6.67.